The zero-order chi connectivity index (χ0) is 11.5. The standard InChI is InChI=1S/C11H15FO2S/c1-3-6-15(13,14)8-10-4-5-11(12)7-9(10)2/h4-5,7H,3,6,8H2,1-2H3. The Hall–Kier alpha value is -0.900. The molecule has 1 aromatic rings. The van der Waals surface area contributed by atoms with Gasteiger partial charge in [-0.2, -0.15) is 0 Å². The molecule has 0 spiro atoms. The van der Waals surface area contributed by atoms with Crippen LogP contribution in [0.5, 0.6) is 0 Å². The summed E-state index contributed by atoms with van der Waals surface area (Å²) in [5.74, 6) is -0.138. The third-order valence-electron chi connectivity index (χ3n) is 2.20. The molecule has 0 radical (unpaired) electrons. The highest BCUT2D eigenvalue weighted by atomic mass is 32.2. The van der Waals surface area contributed by atoms with E-state index in [0.717, 1.165) is 0 Å². The van der Waals surface area contributed by atoms with Crippen molar-refractivity contribution in [3.8, 4) is 0 Å². The predicted octanol–water partition coefficient (Wildman–Crippen LogP) is 2.46. The minimum absolute atomic E-state index is 0.00690. The summed E-state index contributed by atoms with van der Waals surface area (Å²) >= 11 is 0. The van der Waals surface area contributed by atoms with Gasteiger partial charge in [0.1, 0.15) is 5.82 Å². The van der Waals surface area contributed by atoms with E-state index in [9.17, 15) is 12.8 Å². The van der Waals surface area contributed by atoms with Crippen LogP contribution in [0.3, 0.4) is 0 Å². The molecular formula is C11H15FO2S. The number of sulfone groups is 1. The Morgan fingerprint density at radius 2 is 2.00 bits per heavy atom. The summed E-state index contributed by atoms with van der Waals surface area (Å²) in [6.07, 6.45) is 0.614. The van der Waals surface area contributed by atoms with E-state index in [1.54, 1.807) is 6.92 Å². The topological polar surface area (TPSA) is 34.1 Å². The van der Waals surface area contributed by atoms with Gasteiger partial charge in [-0.3, -0.25) is 0 Å². The lowest BCUT2D eigenvalue weighted by Gasteiger charge is -2.06. The first-order valence-corrected chi connectivity index (χ1v) is 6.72. The van der Waals surface area contributed by atoms with E-state index in [1.807, 2.05) is 6.92 Å². The molecule has 4 heteroatoms. The maximum atomic E-state index is 12.8. The fourth-order valence-electron chi connectivity index (χ4n) is 1.44. The lowest BCUT2D eigenvalue weighted by molar-refractivity contribution is 0.593. The lowest BCUT2D eigenvalue weighted by atomic mass is 10.1. The van der Waals surface area contributed by atoms with Gasteiger partial charge in [0.05, 0.1) is 11.5 Å². The summed E-state index contributed by atoms with van der Waals surface area (Å²) in [5.41, 5.74) is 1.37. The molecule has 0 amide bonds. The minimum atomic E-state index is -3.04. The van der Waals surface area contributed by atoms with Crippen molar-refractivity contribution in [2.45, 2.75) is 26.0 Å². The molecule has 0 saturated heterocycles. The summed E-state index contributed by atoms with van der Waals surface area (Å²) in [4.78, 5) is 0. The van der Waals surface area contributed by atoms with Crippen LogP contribution in [-0.4, -0.2) is 14.2 Å². The molecular weight excluding hydrogens is 215 g/mol. The molecule has 0 aliphatic rings. The zero-order valence-corrected chi connectivity index (χ0v) is 9.77. The molecule has 0 N–H and O–H groups in total. The SMILES string of the molecule is CCCS(=O)(=O)Cc1ccc(F)cc1C. The second-order valence-corrected chi connectivity index (χ2v) is 5.85. The normalized spacial score (nSPS) is 11.7. The first kappa shape index (κ1) is 12.2. The Kier molecular flexibility index (Phi) is 3.85. The van der Waals surface area contributed by atoms with Crippen molar-refractivity contribution >= 4 is 9.84 Å². The fourth-order valence-corrected chi connectivity index (χ4v) is 3.01. The van der Waals surface area contributed by atoms with Crippen molar-refractivity contribution in [3.05, 3.63) is 35.1 Å². The number of hydrogen-bond donors (Lipinski definition) is 0. The largest absolute Gasteiger partial charge is 0.228 e. The van der Waals surface area contributed by atoms with Gasteiger partial charge in [0, 0.05) is 0 Å². The molecule has 0 heterocycles. The second kappa shape index (κ2) is 4.75. The fraction of sp³-hybridized carbons (Fsp3) is 0.455. The Morgan fingerprint density at radius 1 is 1.33 bits per heavy atom. The summed E-state index contributed by atoms with van der Waals surface area (Å²) in [6, 6.07) is 4.19. The summed E-state index contributed by atoms with van der Waals surface area (Å²) in [7, 11) is -3.04. The Morgan fingerprint density at radius 3 is 2.53 bits per heavy atom. The highest BCUT2D eigenvalue weighted by Crippen LogP contribution is 2.14. The monoisotopic (exact) mass is 230 g/mol. The molecule has 84 valence electrons. The van der Waals surface area contributed by atoms with Crippen LogP contribution in [0.4, 0.5) is 4.39 Å². The Balaban J connectivity index is 2.90. The van der Waals surface area contributed by atoms with Crippen molar-refractivity contribution in [2.24, 2.45) is 0 Å². The van der Waals surface area contributed by atoms with Crippen molar-refractivity contribution < 1.29 is 12.8 Å². The van der Waals surface area contributed by atoms with E-state index in [0.29, 0.717) is 17.5 Å². The first-order chi connectivity index (χ1) is 6.94. The van der Waals surface area contributed by atoms with Crippen molar-refractivity contribution in [2.75, 3.05) is 5.75 Å². The number of aryl methyl sites for hydroxylation is 1. The maximum absolute atomic E-state index is 12.8. The molecule has 0 unspecified atom stereocenters. The Bertz CT molecular complexity index is 438. The third-order valence-corrected chi connectivity index (χ3v) is 3.98. The van der Waals surface area contributed by atoms with Gasteiger partial charge in [-0.15, -0.1) is 0 Å². The number of rotatable bonds is 4. The first-order valence-electron chi connectivity index (χ1n) is 4.90. The van der Waals surface area contributed by atoms with E-state index in [-0.39, 0.29) is 17.3 Å². The van der Waals surface area contributed by atoms with Gasteiger partial charge in [0.25, 0.3) is 0 Å². The van der Waals surface area contributed by atoms with E-state index in [2.05, 4.69) is 0 Å². The highest BCUT2D eigenvalue weighted by molar-refractivity contribution is 7.90. The van der Waals surface area contributed by atoms with E-state index >= 15 is 0 Å². The molecule has 0 fully saturated rings. The van der Waals surface area contributed by atoms with Crippen LogP contribution in [0.1, 0.15) is 24.5 Å². The summed E-state index contributed by atoms with van der Waals surface area (Å²) < 4.78 is 35.9. The predicted molar refractivity (Wildman–Crippen MR) is 58.9 cm³/mol. The summed E-state index contributed by atoms with van der Waals surface area (Å²) in [5, 5.41) is 0. The lowest BCUT2D eigenvalue weighted by Crippen LogP contribution is -2.09. The molecule has 0 aliphatic heterocycles. The minimum Gasteiger partial charge on any atom is -0.228 e. The average molecular weight is 230 g/mol. The third kappa shape index (κ3) is 3.63. The van der Waals surface area contributed by atoms with Crippen LogP contribution in [0.15, 0.2) is 18.2 Å². The molecule has 0 bridgehead atoms. The van der Waals surface area contributed by atoms with Crippen LogP contribution in [-0.2, 0) is 15.6 Å². The van der Waals surface area contributed by atoms with Crippen LogP contribution in [0, 0.1) is 12.7 Å². The molecule has 0 aliphatic carbocycles. The molecule has 1 aromatic carbocycles. The quantitative estimate of drug-likeness (QED) is 0.796. The van der Waals surface area contributed by atoms with Gasteiger partial charge in [0.15, 0.2) is 9.84 Å². The molecule has 0 aromatic heterocycles. The summed E-state index contributed by atoms with van der Waals surface area (Å²) in [6.45, 7) is 3.55. The molecule has 1 rings (SSSR count). The molecule has 2 nitrogen and oxygen atoms in total. The van der Waals surface area contributed by atoms with Gasteiger partial charge in [-0.25, -0.2) is 12.8 Å². The van der Waals surface area contributed by atoms with Crippen LogP contribution in [0.2, 0.25) is 0 Å². The number of benzene rings is 1. The number of halogens is 1. The second-order valence-electron chi connectivity index (χ2n) is 3.66. The Labute approximate surface area is 90.0 Å². The van der Waals surface area contributed by atoms with E-state index in [1.165, 1.54) is 18.2 Å². The van der Waals surface area contributed by atoms with Crippen LogP contribution in [0.25, 0.3) is 0 Å². The smallest absolute Gasteiger partial charge is 0.154 e. The van der Waals surface area contributed by atoms with Crippen LogP contribution >= 0.6 is 0 Å². The molecule has 0 atom stereocenters. The average Bonchev–Trinajstić information content (AvgIpc) is 2.09. The molecule has 0 saturated carbocycles. The van der Waals surface area contributed by atoms with Crippen molar-refractivity contribution in [1.82, 2.24) is 0 Å². The van der Waals surface area contributed by atoms with E-state index < -0.39 is 9.84 Å². The van der Waals surface area contributed by atoms with Crippen LogP contribution < -0.4 is 0 Å². The van der Waals surface area contributed by atoms with Gasteiger partial charge < -0.3 is 0 Å². The van der Waals surface area contributed by atoms with Crippen molar-refractivity contribution in [1.29, 1.82) is 0 Å². The number of hydrogen-bond acceptors (Lipinski definition) is 2. The van der Waals surface area contributed by atoms with Crippen molar-refractivity contribution in [3.63, 3.8) is 0 Å². The maximum Gasteiger partial charge on any atom is 0.154 e. The zero-order valence-electron chi connectivity index (χ0n) is 8.96. The van der Waals surface area contributed by atoms with Gasteiger partial charge >= 0.3 is 0 Å². The van der Waals surface area contributed by atoms with Gasteiger partial charge in [0.2, 0.25) is 0 Å². The van der Waals surface area contributed by atoms with Gasteiger partial charge in [-0.1, -0.05) is 13.0 Å². The molecule has 15 heavy (non-hydrogen) atoms. The van der Waals surface area contributed by atoms with E-state index in [4.69, 9.17) is 0 Å². The van der Waals surface area contributed by atoms with Gasteiger partial charge in [-0.05, 0) is 36.6 Å². The highest BCUT2D eigenvalue weighted by Gasteiger charge is 2.12.